The van der Waals surface area contributed by atoms with Crippen molar-refractivity contribution in [2.45, 2.75) is 19.3 Å². The highest BCUT2D eigenvalue weighted by atomic mass is 16.7. The van der Waals surface area contributed by atoms with Gasteiger partial charge in [0.2, 0.25) is 12.7 Å². The van der Waals surface area contributed by atoms with Gasteiger partial charge in [0.25, 0.3) is 0 Å². The molecule has 3 heterocycles. The summed E-state index contributed by atoms with van der Waals surface area (Å²) in [5, 5.41) is 1.15. The first kappa shape index (κ1) is 19.7. The van der Waals surface area contributed by atoms with Crippen LogP contribution in [0.2, 0.25) is 0 Å². The molecule has 0 radical (unpaired) electrons. The summed E-state index contributed by atoms with van der Waals surface area (Å²) < 4.78 is 16.8. The zero-order valence-electron chi connectivity index (χ0n) is 17.7. The number of carbonyl (C=O) groups is 1. The van der Waals surface area contributed by atoms with Gasteiger partial charge in [-0.2, -0.15) is 0 Å². The Kier molecular flexibility index (Phi) is 5.38. The number of ether oxygens (including phenoxy) is 2. The number of carbonyl (C=O) groups excluding carboxylic acids is 1. The second-order valence-corrected chi connectivity index (χ2v) is 8.14. The number of furan rings is 1. The monoisotopic (exact) mass is 418 g/mol. The molecule has 0 atom stereocenters. The summed E-state index contributed by atoms with van der Waals surface area (Å²) >= 11 is 0. The minimum absolute atomic E-state index is 0.110. The minimum Gasteiger partial charge on any atom is -0.461 e. The molecule has 0 saturated heterocycles. The van der Waals surface area contributed by atoms with Gasteiger partial charge in [-0.05, 0) is 61.5 Å². The molecule has 2 aliphatic heterocycles. The van der Waals surface area contributed by atoms with Gasteiger partial charge < -0.3 is 23.7 Å². The highest BCUT2D eigenvalue weighted by Gasteiger charge is 2.22. The molecule has 2 aromatic carbocycles. The molecule has 0 unspecified atom stereocenters. The van der Waals surface area contributed by atoms with E-state index in [1.54, 1.807) is 0 Å². The Bertz CT molecular complexity index is 1100. The first-order valence-electron chi connectivity index (χ1n) is 10.7. The van der Waals surface area contributed by atoms with Crippen LogP contribution in [0.25, 0.3) is 17.0 Å². The quantitative estimate of drug-likeness (QED) is 0.579. The van der Waals surface area contributed by atoms with Crippen molar-refractivity contribution in [2.75, 3.05) is 33.5 Å². The lowest BCUT2D eigenvalue weighted by Crippen LogP contribution is -2.30. The molecule has 0 spiro atoms. The van der Waals surface area contributed by atoms with E-state index in [4.69, 9.17) is 13.9 Å². The van der Waals surface area contributed by atoms with E-state index in [9.17, 15) is 4.79 Å². The summed E-state index contributed by atoms with van der Waals surface area (Å²) in [6, 6.07) is 14.1. The standard InChI is InChI=1S/C25H26N2O4/c1-26(11-8-21-13-19-5-2-3-6-22(19)31-21)9-4-10-27-12-7-18-14-23-24(30-17-29-23)15-20(18)16-25(27)28/h2-3,5-7,12-15H,4,8-11,16-17H2,1H3. The van der Waals surface area contributed by atoms with Crippen LogP contribution in [-0.2, 0) is 17.6 Å². The summed E-state index contributed by atoms with van der Waals surface area (Å²) in [4.78, 5) is 16.8. The second-order valence-electron chi connectivity index (χ2n) is 8.14. The molecule has 1 amide bonds. The van der Waals surface area contributed by atoms with Crippen molar-refractivity contribution < 1.29 is 18.7 Å². The molecule has 3 aromatic rings. The molecule has 2 aliphatic rings. The predicted octanol–water partition coefficient (Wildman–Crippen LogP) is 4.08. The van der Waals surface area contributed by atoms with E-state index in [0.29, 0.717) is 13.0 Å². The third-order valence-electron chi connectivity index (χ3n) is 5.89. The third-order valence-corrected chi connectivity index (χ3v) is 5.89. The third kappa shape index (κ3) is 4.30. The first-order chi connectivity index (χ1) is 15.2. The van der Waals surface area contributed by atoms with Crippen LogP contribution in [0.15, 0.2) is 53.1 Å². The van der Waals surface area contributed by atoms with Gasteiger partial charge in [-0.3, -0.25) is 4.79 Å². The van der Waals surface area contributed by atoms with Crippen LogP contribution in [-0.4, -0.2) is 49.2 Å². The summed E-state index contributed by atoms with van der Waals surface area (Å²) in [5.74, 6) is 2.59. The van der Waals surface area contributed by atoms with E-state index >= 15 is 0 Å². The van der Waals surface area contributed by atoms with Crippen molar-refractivity contribution in [1.82, 2.24) is 9.80 Å². The number of hydrogen-bond donors (Lipinski definition) is 0. The van der Waals surface area contributed by atoms with Gasteiger partial charge in [0.1, 0.15) is 11.3 Å². The van der Waals surface area contributed by atoms with Gasteiger partial charge in [0.05, 0.1) is 6.42 Å². The highest BCUT2D eigenvalue weighted by Crippen LogP contribution is 2.36. The summed E-state index contributed by atoms with van der Waals surface area (Å²) in [6.45, 7) is 2.78. The summed E-state index contributed by atoms with van der Waals surface area (Å²) in [5.41, 5.74) is 2.94. The smallest absolute Gasteiger partial charge is 0.231 e. The Morgan fingerprint density at radius 2 is 1.90 bits per heavy atom. The largest absolute Gasteiger partial charge is 0.461 e. The van der Waals surface area contributed by atoms with E-state index in [2.05, 4.69) is 24.1 Å². The number of fused-ring (bicyclic) bond motifs is 3. The molecule has 6 heteroatoms. The van der Waals surface area contributed by atoms with E-state index in [1.165, 1.54) is 0 Å². The van der Waals surface area contributed by atoms with Crippen LogP contribution < -0.4 is 9.47 Å². The Morgan fingerprint density at radius 1 is 1.06 bits per heavy atom. The number of nitrogens with zero attached hydrogens (tertiary/aromatic N) is 2. The zero-order valence-corrected chi connectivity index (χ0v) is 17.7. The van der Waals surface area contributed by atoms with Crippen molar-refractivity contribution >= 4 is 23.0 Å². The first-order valence-corrected chi connectivity index (χ1v) is 10.7. The van der Waals surface area contributed by atoms with E-state index < -0.39 is 0 Å². The van der Waals surface area contributed by atoms with Crippen LogP contribution >= 0.6 is 0 Å². The van der Waals surface area contributed by atoms with Crippen molar-refractivity contribution in [3.8, 4) is 11.5 Å². The lowest BCUT2D eigenvalue weighted by atomic mass is 10.0. The van der Waals surface area contributed by atoms with Crippen LogP contribution in [0.4, 0.5) is 0 Å². The molecular formula is C25H26N2O4. The number of amides is 1. The molecule has 6 nitrogen and oxygen atoms in total. The average molecular weight is 418 g/mol. The predicted molar refractivity (Wildman–Crippen MR) is 119 cm³/mol. The molecular weight excluding hydrogens is 392 g/mol. The molecule has 160 valence electrons. The molecule has 0 bridgehead atoms. The lowest BCUT2D eigenvalue weighted by molar-refractivity contribution is -0.127. The highest BCUT2D eigenvalue weighted by molar-refractivity contribution is 5.84. The minimum atomic E-state index is 0.110. The summed E-state index contributed by atoms with van der Waals surface area (Å²) in [7, 11) is 2.11. The molecule has 5 rings (SSSR count). The van der Waals surface area contributed by atoms with Gasteiger partial charge in [0, 0.05) is 31.1 Å². The number of para-hydroxylation sites is 1. The fraction of sp³-hybridized carbons (Fsp3) is 0.320. The number of benzene rings is 2. The number of rotatable bonds is 7. The molecule has 0 saturated carbocycles. The lowest BCUT2D eigenvalue weighted by Gasteiger charge is -2.20. The topological polar surface area (TPSA) is 55.2 Å². The van der Waals surface area contributed by atoms with Crippen LogP contribution in [0.5, 0.6) is 11.5 Å². The summed E-state index contributed by atoms with van der Waals surface area (Å²) in [6.07, 6.45) is 6.04. The fourth-order valence-electron chi connectivity index (χ4n) is 4.11. The average Bonchev–Trinajstić information content (AvgIpc) is 3.36. The maximum atomic E-state index is 12.7. The van der Waals surface area contributed by atoms with Crippen LogP contribution in [0, 0.1) is 0 Å². The molecule has 0 aliphatic carbocycles. The SMILES string of the molecule is CN(CCCN1C=Cc2cc3c(cc2CC1=O)OCO3)CCc1cc2ccccc2o1. The maximum absolute atomic E-state index is 12.7. The molecule has 0 N–H and O–H groups in total. The van der Waals surface area contributed by atoms with Gasteiger partial charge >= 0.3 is 0 Å². The van der Waals surface area contributed by atoms with Crippen LogP contribution in [0.3, 0.4) is 0 Å². The Morgan fingerprint density at radius 3 is 2.77 bits per heavy atom. The molecule has 0 fully saturated rings. The number of hydrogen-bond acceptors (Lipinski definition) is 5. The normalized spacial score (nSPS) is 15.0. The van der Waals surface area contributed by atoms with E-state index in [-0.39, 0.29) is 12.7 Å². The van der Waals surface area contributed by atoms with E-state index in [0.717, 1.165) is 65.3 Å². The Labute approximate surface area is 181 Å². The van der Waals surface area contributed by atoms with Gasteiger partial charge in [-0.15, -0.1) is 0 Å². The maximum Gasteiger partial charge on any atom is 0.231 e. The van der Waals surface area contributed by atoms with Crippen molar-refractivity contribution in [1.29, 1.82) is 0 Å². The van der Waals surface area contributed by atoms with Gasteiger partial charge in [0.15, 0.2) is 11.5 Å². The molecule has 31 heavy (non-hydrogen) atoms. The van der Waals surface area contributed by atoms with Crippen LogP contribution in [0.1, 0.15) is 23.3 Å². The van der Waals surface area contributed by atoms with Crippen molar-refractivity contribution in [3.63, 3.8) is 0 Å². The number of likely N-dealkylation sites (N-methyl/N-ethyl adjacent to an activating group) is 1. The second kappa shape index (κ2) is 8.47. The molecule has 1 aromatic heterocycles. The Hall–Kier alpha value is -3.25. The fourth-order valence-corrected chi connectivity index (χ4v) is 4.11. The van der Waals surface area contributed by atoms with Gasteiger partial charge in [-0.25, -0.2) is 0 Å². The Balaban J connectivity index is 1.12. The van der Waals surface area contributed by atoms with Gasteiger partial charge in [-0.1, -0.05) is 18.2 Å². The van der Waals surface area contributed by atoms with Crippen molar-refractivity contribution in [3.05, 3.63) is 65.6 Å². The van der Waals surface area contributed by atoms with Crippen molar-refractivity contribution in [2.24, 2.45) is 0 Å². The zero-order chi connectivity index (χ0) is 21.2. The van der Waals surface area contributed by atoms with E-state index in [1.807, 2.05) is 47.5 Å².